The van der Waals surface area contributed by atoms with Crippen LogP contribution in [0.25, 0.3) is 11.0 Å². The lowest BCUT2D eigenvalue weighted by Crippen LogP contribution is -2.33. The summed E-state index contributed by atoms with van der Waals surface area (Å²) in [6.07, 6.45) is 3.85. The number of hydrogen-bond donors (Lipinski definition) is 3. The third kappa shape index (κ3) is 3.36. The van der Waals surface area contributed by atoms with Gasteiger partial charge < -0.3 is 15.4 Å². The molecule has 1 aromatic carbocycles. The number of amides is 1. The minimum absolute atomic E-state index is 0.138. The minimum Gasteiger partial charge on any atom is -0.478 e. The normalized spacial score (nSPS) is 20.7. The lowest BCUT2D eigenvalue weighted by atomic mass is 9.97. The standard InChI is InChI=1S/C17H21N3O3/c1-10-3-2-4-12(10)16(21)18-8-7-15-19-13-6-5-11(17(22)23)9-14(13)20-15/h5-6,9-10,12H,2-4,7-8H2,1H3,(H,18,21)(H,19,20)(H,22,23). The van der Waals surface area contributed by atoms with E-state index in [2.05, 4.69) is 22.2 Å². The van der Waals surface area contributed by atoms with Crippen LogP contribution in [0.4, 0.5) is 0 Å². The van der Waals surface area contributed by atoms with E-state index in [0.717, 1.165) is 30.6 Å². The number of aromatic amines is 1. The highest BCUT2D eigenvalue weighted by Crippen LogP contribution is 2.31. The van der Waals surface area contributed by atoms with Crippen molar-refractivity contribution in [2.24, 2.45) is 11.8 Å². The van der Waals surface area contributed by atoms with Gasteiger partial charge in [0, 0.05) is 18.9 Å². The molecular weight excluding hydrogens is 294 g/mol. The molecule has 1 heterocycles. The van der Waals surface area contributed by atoms with Crippen LogP contribution in [0.2, 0.25) is 0 Å². The van der Waals surface area contributed by atoms with Crippen molar-refractivity contribution >= 4 is 22.9 Å². The van der Waals surface area contributed by atoms with Gasteiger partial charge in [0.1, 0.15) is 5.82 Å². The summed E-state index contributed by atoms with van der Waals surface area (Å²) < 4.78 is 0. The molecule has 0 bridgehead atoms. The molecule has 2 unspecified atom stereocenters. The van der Waals surface area contributed by atoms with Crippen molar-refractivity contribution in [3.8, 4) is 0 Å². The number of imidazole rings is 1. The van der Waals surface area contributed by atoms with Crippen LogP contribution >= 0.6 is 0 Å². The zero-order chi connectivity index (χ0) is 16.4. The molecule has 0 saturated heterocycles. The third-order valence-electron chi connectivity index (χ3n) is 4.64. The summed E-state index contributed by atoms with van der Waals surface area (Å²) in [5.41, 5.74) is 1.67. The Labute approximate surface area is 134 Å². The van der Waals surface area contributed by atoms with Crippen LogP contribution in [0.1, 0.15) is 42.4 Å². The first-order valence-electron chi connectivity index (χ1n) is 8.04. The molecule has 6 nitrogen and oxygen atoms in total. The summed E-state index contributed by atoms with van der Waals surface area (Å²) in [7, 11) is 0. The number of carbonyl (C=O) groups excluding carboxylic acids is 1. The Morgan fingerprint density at radius 1 is 1.39 bits per heavy atom. The topological polar surface area (TPSA) is 95.1 Å². The number of benzene rings is 1. The maximum absolute atomic E-state index is 12.1. The first-order chi connectivity index (χ1) is 11.0. The number of fused-ring (bicyclic) bond motifs is 1. The van der Waals surface area contributed by atoms with E-state index in [-0.39, 0.29) is 17.4 Å². The van der Waals surface area contributed by atoms with Gasteiger partial charge in [0.2, 0.25) is 5.91 Å². The largest absolute Gasteiger partial charge is 0.478 e. The van der Waals surface area contributed by atoms with Crippen LogP contribution in [0.15, 0.2) is 18.2 Å². The first kappa shape index (κ1) is 15.5. The Balaban J connectivity index is 1.59. The number of H-pyrrole nitrogens is 1. The summed E-state index contributed by atoms with van der Waals surface area (Å²) >= 11 is 0. The molecule has 0 spiro atoms. The van der Waals surface area contributed by atoms with Gasteiger partial charge in [0.25, 0.3) is 0 Å². The van der Waals surface area contributed by atoms with E-state index in [1.54, 1.807) is 18.2 Å². The molecule has 23 heavy (non-hydrogen) atoms. The van der Waals surface area contributed by atoms with E-state index in [9.17, 15) is 9.59 Å². The lowest BCUT2D eigenvalue weighted by Gasteiger charge is -2.14. The zero-order valence-corrected chi connectivity index (χ0v) is 13.1. The molecule has 2 aromatic rings. The predicted octanol–water partition coefficient (Wildman–Crippen LogP) is 2.36. The van der Waals surface area contributed by atoms with Gasteiger partial charge in [-0.2, -0.15) is 0 Å². The number of hydrogen-bond acceptors (Lipinski definition) is 3. The average Bonchev–Trinajstić information content (AvgIpc) is 3.11. The average molecular weight is 315 g/mol. The van der Waals surface area contributed by atoms with Gasteiger partial charge in [-0.3, -0.25) is 4.79 Å². The fourth-order valence-corrected chi connectivity index (χ4v) is 3.28. The van der Waals surface area contributed by atoms with Crippen LogP contribution in [0, 0.1) is 11.8 Å². The van der Waals surface area contributed by atoms with Crippen molar-refractivity contribution < 1.29 is 14.7 Å². The number of carbonyl (C=O) groups is 2. The molecule has 1 aromatic heterocycles. The molecule has 3 N–H and O–H groups in total. The van der Waals surface area contributed by atoms with Crippen LogP contribution in [-0.2, 0) is 11.2 Å². The van der Waals surface area contributed by atoms with Gasteiger partial charge in [0.15, 0.2) is 0 Å². The Kier molecular flexibility index (Phi) is 4.32. The van der Waals surface area contributed by atoms with E-state index in [0.29, 0.717) is 24.4 Å². The molecule has 1 fully saturated rings. The van der Waals surface area contributed by atoms with Crippen molar-refractivity contribution in [2.75, 3.05) is 6.54 Å². The molecule has 0 radical (unpaired) electrons. The number of nitrogens with zero attached hydrogens (tertiary/aromatic N) is 1. The summed E-state index contributed by atoms with van der Waals surface area (Å²) in [5.74, 6) is 0.544. The molecule has 1 saturated carbocycles. The first-order valence-corrected chi connectivity index (χ1v) is 8.04. The molecule has 6 heteroatoms. The van der Waals surface area contributed by atoms with Gasteiger partial charge >= 0.3 is 5.97 Å². The van der Waals surface area contributed by atoms with Crippen LogP contribution in [-0.4, -0.2) is 33.5 Å². The van der Waals surface area contributed by atoms with E-state index in [1.807, 2.05) is 0 Å². The number of rotatable bonds is 5. The fraction of sp³-hybridized carbons (Fsp3) is 0.471. The maximum atomic E-state index is 12.1. The summed E-state index contributed by atoms with van der Waals surface area (Å²) in [6.45, 7) is 2.67. The van der Waals surface area contributed by atoms with E-state index < -0.39 is 5.97 Å². The third-order valence-corrected chi connectivity index (χ3v) is 4.64. The summed E-state index contributed by atoms with van der Waals surface area (Å²) in [4.78, 5) is 30.6. The minimum atomic E-state index is -0.957. The maximum Gasteiger partial charge on any atom is 0.335 e. The van der Waals surface area contributed by atoms with Crippen molar-refractivity contribution in [1.29, 1.82) is 0 Å². The van der Waals surface area contributed by atoms with E-state index in [1.165, 1.54) is 0 Å². The Morgan fingerprint density at radius 2 is 2.22 bits per heavy atom. The van der Waals surface area contributed by atoms with Crippen LogP contribution < -0.4 is 5.32 Å². The van der Waals surface area contributed by atoms with Gasteiger partial charge in [0.05, 0.1) is 16.6 Å². The fourth-order valence-electron chi connectivity index (χ4n) is 3.28. The SMILES string of the molecule is CC1CCCC1C(=O)NCCc1nc2ccc(C(=O)O)cc2[nH]1. The van der Waals surface area contributed by atoms with Gasteiger partial charge in [-0.15, -0.1) is 0 Å². The number of carboxylic acid groups (broad SMARTS) is 1. The summed E-state index contributed by atoms with van der Waals surface area (Å²) in [5, 5.41) is 12.0. The van der Waals surface area contributed by atoms with Gasteiger partial charge in [-0.25, -0.2) is 9.78 Å². The number of nitrogens with one attached hydrogen (secondary N) is 2. The lowest BCUT2D eigenvalue weighted by molar-refractivity contribution is -0.125. The molecule has 2 atom stereocenters. The smallest absolute Gasteiger partial charge is 0.335 e. The Morgan fingerprint density at radius 3 is 2.91 bits per heavy atom. The number of aromatic nitrogens is 2. The molecule has 3 rings (SSSR count). The second-order valence-electron chi connectivity index (χ2n) is 6.28. The predicted molar refractivity (Wildman–Crippen MR) is 86.3 cm³/mol. The second kappa shape index (κ2) is 6.40. The van der Waals surface area contributed by atoms with Crippen LogP contribution in [0.5, 0.6) is 0 Å². The highest BCUT2D eigenvalue weighted by atomic mass is 16.4. The molecule has 0 aliphatic heterocycles. The van der Waals surface area contributed by atoms with Crippen molar-refractivity contribution in [3.05, 3.63) is 29.6 Å². The molecule has 1 amide bonds. The molecule has 122 valence electrons. The van der Waals surface area contributed by atoms with E-state index >= 15 is 0 Å². The zero-order valence-electron chi connectivity index (χ0n) is 13.1. The monoisotopic (exact) mass is 315 g/mol. The Hall–Kier alpha value is -2.37. The number of carboxylic acids is 1. The van der Waals surface area contributed by atoms with Crippen molar-refractivity contribution in [3.63, 3.8) is 0 Å². The van der Waals surface area contributed by atoms with Gasteiger partial charge in [-0.05, 0) is 37.0 Å². The van der Waals surface area contributed by atoms with E-state index in [4.69, 9.17) is 5.11 Å². The number of aromatic carboxylic acids is 1. The highest BCUT2D eigenvalue weighted by Gasteiger charge is 2.29. The molecular formula is C17H21N3O3. The molecule has 1 aliphatic carbocycles. The molecule has 1 aliphatic rings. The van der Waals surface area contributed by atoms with Gasteiger partial charge in [-0.1, -0.05) is 13.3 Å². The second-order valence-corrected chi connectivity index (χ2v) is 6.28. The van der Waals surface area contributed by atoms with Crippen molar-refractivity contribution in [1.82, 2.24) is 15.3 Å². The summed E-state index contributed by atoms with van der Waals surface area (Å²) in [6, 6.07) is 4.81. The van der Waals surface area contributed by atoms with Crippen molar-refractivity contribution in [2.45, 2.75) is 32.6 Å². The quantitative estimate of drug-likeness (QED) is 0.789. The Bertz CT molecular complexity index is 738. The van der Waals surface area contributed by atoms with Crippen LogP contribution in [0.3, 0.4) is 0 Å². The highest BCUT2D eigenvalue weighted by molar-refractivity contribution is 5.92.